The molecule has 0 saturated heterocycles. The molecular weight excluding hydrogens is 150 g/mol. The Kier molecular flexibility index (Phi) is 3.32. The third-order valence-corrected chi connectivity index (χ3v) is 2.52. The lowest BCUT2D eigenvalue weighted by Gasteiger charge is -2.31. The van der Waals surface area contributed by atoms with Crippen LogP contribution >= 0.6 is 0 Å². The van der Waals surface area contributed by atoms with Crippen molar-refractivity contribution in [3.63, 3.8) is 0 Å². The van der Waals surface area contributed by atoms with Gasteiger partial charge in [0, 0.05) is 11.7 Å². The Balaban J connectivity index is 2.51. The van der Waals surface area contributed by atoms with Gasteiger partial charge in [-0.1, -0.05) is 25.8 Å². The molecule has 2 heteroatoms. The first-order valence-corrected chi connectivity index (χ1v) is 4.65. The highest BCUT2D eigenvalue weighted by Gasteiger charge is 2.19. The molecule has 0 unspecified atom stereocenters. The predicted octanol–water partition coefficient (Wildman–Crippen LogP) is 2.31. The van der Waals surface area contributed by atoms with Gasteiger partial charge in [0.15, 0.2) is 0 Å². The van der Waals surface area contributed by atoms with Crippen molar-refractivity contribution in [1.82, 2.24) is 4.90 Å². The number of allylic oxidation sites excluding steroid dienone is 1. The van der Waals surface area contributed by atoms with Crippen LogP contribution in [0.3, 0.4) is 0 Å². The van der Waals surface area contributed by atoms with E-state index in [0.717, 1.165) is 24.9 Å². The molecule has 0 heterocycles. The van der Waals surface area contributed by atoms with E-state index >= 15 is 0 Å². The largest absolute Gasteiger partial charge is 0.317 e. The van der Waals surface area contributed by atoms with Crippen LogP contribution in [-0.2, 0) is 4.79 Å². The van der Waals surface area contributed by atoms with Crippen LogP contribution in [0.4, 0.5) is 0 Å². The highest BCUT2D eigenvalue weighted by Crippen LogP contribution is 2.23. The summed E-state index contributed by atoms with van der Waals surface area (Å²) in [6.07, 6.45) is 7.03. The Bertz CT molecular complexity index is 171. The molecule has 1 aliphatic carbocycles. The lowest BCUT2D eigenvalue weighted by Crippen LogP contribution is -2.33. The van der Waals surface area contributed by atoms with Crippen molar-refractivity contribution in [2.45, 2.75) is 45.1 Å². The molecule has 1 saturated carbocycles. The van der Waals surface area contributed by atoms with E-state index < -0.39 is 0 Å². The average Bonchev–Trinajstić information content (AvgIpc) is 2.07. The van der Waals surface area contributed by atoms with Gasteiger partial charge in [0.1, 0.15) is 0 Å². The number of amides is 1. The zero-order valence-corrected chi connectivity index (χ0v) is 7.75. The number of nitrogens with zero attached hydrogens (tertiary/aromatic N) is 1. The highest BCUT2D eigenvalue weighted by atomic mass is 16.1. The first-order chi connectivity index (χ1) is 5.75. The standard InChI is InChI=1S/C10H17NO/c1-9(2)11(8-12)10-6-4-3-5-7-10/h8,10H,1,3-7H2,2H3. The van der Waals surface area contributed by atoms with E-state index in [1.807, 2.05) is 6.92 Å². The smallest absolute Gasteiger partial charge is 0.214 e. The molecule has 0 N–H and O–H groups in total. The Morgan fingerprint density at radius 1 is 1.42 bits per heavy atom. The second-order valence-electron chi connectivity index (χ2n) is 3.54. The maximum absolute atomic E-state index is 10.7. The maximum Gasteiger partial charge on any atom is 0.214 e. The molecule has 1 fully saturated rings. The Morgan fingerprint density at radius 3 is 2.42 bits per heavy atom. The zero-order chi connectivity index (χ0) is 8.97. The third kappa shape index (κ3) is 2.10. The van der Waals surface area contributed by atoms with Gasteiger partial charge in [0.25, 0.3) is 0 Å². The van der Waals surface area contributed by atoms with Crippen LogP contribution in [0.1, 0.15) is 39.0 Å². The number of hydrogen-bond donors (Lipinski definition) is 0. The highest BCUT2D eigenvalue weighted by molar-refractivity contribution is 5.51. The van der Waals surface area contributed by atoms with Crippen LogP contribution in [0.15, 0.2) is 12.3 Å². The van der Waals surface area contributed by atoms with Crippen molar-refractivity contribution in [2.24, 2.45) is 0 Å². The summed E-state index contributed by atoms with van der Waals surface area (Å²) in [5.74, 6) is 0. The first-order valence-electron chi connectivity index (χ1n) is 4.65. The van der Waals surface area contributed by atoms with Gasteiger partial charge < -0.3 is 4.90 Å². The summed E-state index contributed by atoms with van der Waals surface area (Å²) in [5.41, 5.74) is 0.872. The van der Waals surface area contributed by atoms with Crippen LogP contribution in [0.25, 0.3) is 0 Å². The SMILES string of the molecule is C=C(C)N(C=O)C1CCCCC1. The van der Waals surface area contributed by atoms with Gasteiger partial charge in [0.2, 0.25) is 6.41 Å². The fourth-order valence-electron chi connectivity index (χ4n) is 1.85. The molecule has 0 radical (unpaired) electrons. The summed E-state index contributed by atoms with van der Waals surface area (Å²) >= 11 is 0. The molecule has 1 amide bonds. The molecule has 0 bridgehead atoms. The molecule has 68 valence electrons. The van der Waals surface area contributed by atoms with Gasteiger partial charge in [-0.3, -0.25) is 4.79 Å². The van der Waals surface area contributed by atoms with E-state index in [0.29, 0.717) is 6.04 Å². The Hall–Kier alpha value is -0.790. The third-order valence-electron chi connectivity index (χ3n) is 2.52. The van der Waals surface area contributed by atoms with Gasteiger partial charge in [-0.25, -0.2) is 0 Å². The molecule has 0 spiro atoms. The van der Waals surface area contributed by atoms with Crippen LogP contribution in [0, 0.1) is 0 Å². The molecule has 2 nitrogen and oxygen atoms in total. The van der Waals surface area contributed by atoms with Crippen molar-refractivity contribution < 1.29 is 4.79 Å². The van der Waals surface area contributed by atoms with E-state index in [4.69, 9.17) is 0 Å². The number of carbonyl (C=O) groups is 1. The number of carbonyl (C=O) groups excluding carboxylic acids is 1. The van der Waals surface area contributed by atoms with Crippen molar-refractivity contribution >= 4 is 6.41 Å². The van der Waals surface area contributed by atoms with Crippen LogP contribution in [-0.4, -0.2) is 17.4 Å². The second kappa shape index (κ2) is 4.29. The lowest BCUT2D eigenvalue weighted by atomic mass is 9.94. The predicted molar refractivity (Wildman–Crippen MR) is 49.6 cm³/mol. The summed E-state index contributed by atoms with van der Waals surface area (Å²) in [5, 5.41) is 0. The summed E-state index contributed by atoms with van der Waals surface area (Å²) in [7, 11) is 0. The maximum atomic E-state index is 10.7. The van der Waals surface area contributed by atoms with Crippen LogP contribution in [0.5, 0.6) is 0 Å². The molecule has 1 rings (SSSR count). The van der Waals surface area contributed by atoms with Crippen molar-refractivity contribution in [3.8, 4) is 0 Å². The monoisotopic (exact) mass is 167 g/mol. The molecule has 0 aromatic heterocycles. The molecule has 12 heavy (non-hydrogen) atoms. The fraction of sp³-hybridized carbons (Fsp3) is 0.700. The summed E-state index contributed by atoms with van der Waals surface area (Å²) in [6, 6.07) is 0.425. The average molecular weight is 167 g/mol. The van der Waals surface area contributed by atoms with Gasteiger partial charge in [-0.15, -0.1) is 0 Å². The second-order valence-corrected chi connectivity index (χ2v) is 3.54. The summed E-state index contributed by atoms with van der Waals surface area (Å²) < 4.78 is 0. The molecule has 0 aromatic carbocycles. The van der Waals surface area contributed by atoms with E-state index in [1.165, 1.54) is 19.3 Å². The Labute approximate surface area is 74.2 Å². The first kappa shape index (κ1) is 9.30. The Morgan fingerprint density at radius 2 is 2.00 bits per heavy atom. The van der Waals surface area contributed by atoms with Gasteiger partial charge in [-0.05, 0) is 19.8 Å². The normalized spacial score (nSPS) is 18.8. The molecule has 0 aliphatic heterocycles. The van der Waals surface area contributed by atoms with E-state index in [1.54, 1.807) is 4.90 Å². The lowest BCUT2D eigenvalue weighted by molar-refractivity contribution is -0.118. The van der Waals surface area contributed by atoms with Crippen molar-refractivity contribution in [2.75, 3.05) is 0 Å². The topological polar surface area (TPSA) is 20.3 Å². The van der Waals surface area contributed by atoms with Crippen molar-refractivity contribution in [3.05, 3.63) is 12.3 Å². The quantitative estimate of drug-likeness (QED) is 0.591. The minimum Gasteiger partial charge on any atom is -0.317 e. The van der Waals surface area contributed by atoms with Crippen molar-refractivity contribution in [1.29, 1.82) is 0 Å². The fourth-order valence-corrected chi connectivity index (χ4v) is 1.85. The molecular formula is C10H17NO. The number of rotatable bonds is 3. The molecule has 1 aliphatic rings. The molecule has 0 atom stereocenters. The van der Waals surface area contributed by atoms with E-state index in [-0.39, 0.29) is 0 Å². The van der Waals surface area contributed by atoms with Gasteiger partial charge >= 0.3 is 0 Å². The minimum atomic E-state index is 0.425. The minimum absolute atomic E-state index is 0.425. The van der Waals surface area contributed by atoms with Crippen LogP contribution < -0.4 is 0 Å². The molecule has 0 aromatic rings. The summed E-state index contributed by atoms with van der Waals surface area (Å²) in [6.45, 7) is 5.69. The number of hydrogen-bond acceptors (Lipinski definition) is 1. The van der Waals surface area contributed by atoms with Crippen LogP contribution in [0.2, 0.25) is 0 Å². The summed E-state index contributed by atoms with van der Waals surface area (Å²) in [4.78, 5) is 12.5. The van der Waals surface area contributed by atoms with E-state index in [9.17, 15) is 4.79 Å². The van der Waals surface area contributed by atoms with Gasteiger partial charge in [-0.2, -0.15) is 0 Å². The zero-order valence-electron chi connectivity index (χ0n) is 7.75. The van der Waals surface area contributed by atoms with E-state index in [2.05, 4.69) is 6.58 Å². The van der Waals surface area contributed by atoms with Gasteiger partial charge in [0.05, 0.1) is 0 Å².